The van der Waals surface area contributed by atoms with Crippen LogP contribution < -0.4 is 4.74 Å². The zero-order valence-electron chi connectivity index (χ0n) is 22.1. The van der Waals surface area contributed by atoms with Crippen LogP contribution in [0.25, 0.3) is 0 Å². The Balaban J connectivity index is 1.19. The second-order valence-electron chi connectivity index (χ2n) is 10.3. The van der Waals surface area contributed by atoms with Crippen molar-refractivity contribution in [2.45, 2.75) is 64.5 Å². The number of carbonyl (C=O) groups excluding carboxylic acids is 2. The van der Waals surface area contributed by atoms with E-state index < -0.39 is 6.09 Å². The van der Waals surface area contributed by atoms with Gasteiger partial charge in [0.05, 0.1) is 18.5 Å². The lowest BCUT2D eigenvalue weighted by Gasteiger charge is -2.31. The average Bonchev–Trinajstić information content (AvgIpc) is 3.53. The number of hydrogen-bond acceptors (Lipinski definition) is 5. The van der Waals surface area contributed by atoms with Crippen LogP contribution in [0.15, 0.2) is 48.7 Å². The lowest BCUT2D eigenvalue weighted by atomic mass is 9.92. The minimum Gasteiger partial charge on any atom is -0.489 e. The molecule has 1 aromatic heterocycles. The Morgan fingerprint density at radius 2 is 1.90 bits per heavy atom. The maximum Gasteiger partial charge on any atom is 0.434 e. The van der Waals surface area contributed by atoms with E-state index in [9.17, 15) is 9.59 Å². The van der Waals surface area contributed by atoms with Crippen molar-refractivity contribution in [2.75, 3.05) is 13.2 Å². The van der Waals surface area contributed by atoms with Crippen LogP contribution in [0.2, 0.25) is 10.0 Å². The summed E-state index contributed by atoms with van der Waals surface area (Å²) in [5.74, 6) is 0.560. The van der Waals surface area contributed by atoms with Crippen molar-refractivity contribution < 1.29 is 19.1 Å². The van der Waals surface area contributed by atoms with Crippen LogP contribution >= 0.6 is 23.2 Å². The van der Waals surface area contributed by atoms with Gasteiger partial charge in [-0.1, -0.05) is 66.9 Å². The van der Waals surface area contributed by atoms with E-state index in [0.717, 1.165) is 48.1 Å². The summed E-state index contributed by atoms with van der Waals surface area (Å²) < 4.78 is 12.6. The van der Waals surface area contributed by atoms with Gasteiger partial charge in [0.25, 0.3) is 0 Å². The number of aromatic nitrogens is 2. The van der Waals surface area contributed by atoms with E-state index in [1.54, 1.807) is 18.3 Å². The summed E-state index contributed by atoms with van der Waals surface area (Å²) in [5.41, 5.74) is 3.73. The number of benzene rings is 2. The second kappa shape index (κ2) is 12.4. The fourth-order valence-corrected chi connectivity index (χ4v) is 6.07. The van der Waals surface area contributed by atoms with Crippen molar-refractivity contribution in [3.05, 3.63) is 81.1 Å². The van der Waals surface area contributed by atoms with Gasteiger partial charge in [0.15, 0.2) is 0 Å². The average molecular weight is 571 g/mol. The largest absolute Gasteiger partial charge is 0.489 e. The summed E-state index contributed by atoms with van der Waals surface area (Å²) in [5, 5.41) is 5.31. The molecule has 2 atom stereocenters. The van der Waals surface area contributed by atoms with E-state index in [1.165, 1.54) is 4.68 Å². The number of fused-ring (bicyclic) bond motifs is 1. The number of halogens is 2. The molecule has 7 nitrogen and oxygen atoms in total. The van der Waals surface area contributed by atoms with E-state index in [4.69, 9.17) is 32.7 Å². The van der Waals surface area contributed by atoms with Gasteiger partial charge in [0, 0.05) is 28.5 Å². The molecule has 0 bridgehead atoms. The van der Waals surface area contributed by atoms with Crippen molar-refractivity contribution in [2.24, 2.45) is 5.92 Å². The topological polar surface area (TPSA) is 73.7 Å². The molecular formula is C30H33Cl2N3O4. The number of nitrogens with zero attached hydrogens (tertiary/aromatic N) is 3. The Morgan fingerprint density at radius 1 is 1.13 bits per heavy atom. The number of rotatable bonds is 9. The van der Waals surface area contributed by atoms with Crippen LogP contribution in [0.3, 0.4) is 0 Å². The number of unbranched alkanes of at least 4 members (excludes halogenated alkanes) is 1. The molecule has 2 aromatic carbocycles. The number of ether oxygens (including phenoxy) is 2. The van der Waals surface area contributed by atoms with Gasteiger partial charge in [-0.15, -0.1) is 0 Å². The summed E-state index contributed by atoms with van der Waals surface area (Å²) in [4.78, 5) is 27.9. The third-order valence-corrected chi connectivity index (χ3v) is 8.30. The molecule has 0 radical (unpaired) electrons. The zero-order chi connectivity index (χ0) is 27.4. The van der Waals surface area contributed by atoms with Crippen molar-refractivity contribution in [3.8, 4) is 5.75 Å². The summed E-state index contributed by atoms with van der Waals surface area (Å²) >= 11 is 13.2. The van der Waals surface area contributed by atoms with Gasteiger partial charge in [0.1, 0.15) is 12.4 Å². The molecule has 2 heterocycles. The summed E-state index contributed by atoms with van der Waals surface area (Å²) in [6.07, 6.45) is 6.50. The van der Waals surface area contributed by atoms with E-state index in [2.05, 4.69) is 12.0 Å². The lowest BCUT2D eigenvalue weighted by Crippen LogP contribution is -2.41. The third kappa shape index (κ3) is 6.25. The van der Waals surface area contributed by atoms with Crippen LogP contribution in [0.5, 0.6) is 5.75 Å². The fourth-order valence-electron chi connectivity index (χ4n) is 5.45. The van der Waals surface area contributed by atoms with Gasteiger partial charge >= 0.3 is 6.09 Å². The molecule has 3 aromatic rings. The van der Waals surface area contributed by atoms with E-state index >= 15 is 0 Å². The predicted octanol–water partition coefficient (Wildman–Crippen LogP) is 6.50. The Morgan fingerprint density at radius 3 is 2.64 bits per heavy atom. The summed E-state index contributed by atoms with van der Waals surface area (Å²) in [6.45, 7) is 3.57. The number of carbonyl (C=O) groups is 2. The Hall–Kier alpha value is -3.03. The monoisotopic (exact) mass is 569 g/mol. The van der Waals surface area contributed by atoms with Crippen LogP contribution in [0.1, 0.15) is 55.0 Å². The lowest BCUT2D eigenvalue weighted by molar-refractivity contribution is -0.133. The van der Waals surface area contributed by atoms with Crippen LogP contribution in [0, 0.1) is 5.92 Å². The third-order valence-electron chi connectivity index (χ3n) is 7.63. The Kier molecular flexibility index (Phi) is 8.78. The van der Waals surface area contributed by atoms with Crippen LogP contribution in [-0.2, 0) is 35.4 Å². The van der Waals surface area contributed by atoms with Gasteiger partial charge < -0.3 is 14.4 Å². The minimum atomic E-state index is -0.425. The molecule has 39 heavy (non-hydrogen) atoms. The summed E-state index contributed by atoms with van der Waals surface area (Å²) in [6, 6.07) is 13.5. The Bertz CT molecular complexity index is 1300. The molecule has 1 unspecified atom stereocenters. The van der Waals surface area contributed by atoms with Crippen molar-refractivity contribution in [1.29, 1.82) is 0 Å². The standard InChI is InChI=1S/C30H33Cl2N3O4/c1-2-3-13-38-30(37)35-28-10-9-23(14-22(28)18-33-35)34-12-11-21(29(34)36)15-25-26(31)16-24(17-27(25)32)39-19-20-7-5-4-6-8-20/h4-8,16-18,21,23H,2-3,9-15,19H2,1H3/t21-,23?/m0/s1. The highest BCUT2D eigenvalue weighted by atomic mass is 35.5. The normalized spacial score (nSPS) is 18.7. The first-order valence-corrected chi connectivity index (χ1v) is 14.4. The van der Waals surface area contributed by atoms with Gasteiger partial charge in [-0.25, -0.2) is 4.79 Å². The molecule has 1 aliphatic carbocycles. The fraction of sp³-hybridized carbons (Fsp3) is 0.433. The Labute approximate surface area is 239 Å². The van der Waals surface area contributed by atoms with Gasteiger partial charge in [-0.05, 0) is 67.3 Å². The first-order valence-electron chi connectivity index (χ1n) is 13.6. The molecule has 0 spiro atoms. The minimum absolute atomic E-state index is 0.0865. The maximum atomic E-state index is 13.5. The maximum absolute atomic E-state index is 13.5. The van der Waals surface area contributed by atoms with Crippen molar-refractivity contribution in [1.82, 2.24) is 14.7 Å². The molecule has 0 N–H and O–H groups in total. The molecule has 1 fully saturated rings. The van der Waals surface area contributed by atoms with Crippen LogP contribution in [-0.4, -0.2) is 45.9 Å². The molecule has 206 valence electrons. The van der Waals surface area contributed by atoms with Crippen molar-refractivity contribution in [3.63, 3.8) is 0 Å². The molecule has 1 aliphatic heterocycles. The SMILES string of the molecule is CCCCOC(=O)n1ncc2c1CCC(N1CC[C@@H](Cc3c(Cl)cc(OCc4ccccc4)cc3Cl)C1=O)C2. The van der Waals surface area contributed by atoms with E-state index in [1.807, 2.05) is 35.2 Å². The number of amides is 1. The molecule has 0 saturated carbocycles. The second-order valence-corrected chi connectivity index (χ2v) is 11.1. The van der Waals surface area contributed by atoms with Crippen molar-refractivity contribution >= 4 is 35.2 Å². The van der Waals surface area contributed by atoms with Gasteiger partial charge in [0.2, 0.25) is 5.91 Å². The molecule has 2 aliphatic rings. The molecule has 1 saturated heterocycles. The quantitative estimate of drug-likeness (QED) is 0.275. The smallest absolute Gasteiger partial charge is 0.434 e. The number of likely N-dealkylation sites (tertiary alicyclic amines) is 1. The highest BCUT2D eigenvalue weighted by Gasteiger charge is 2.38. The molecule has 5 rings (SSSR count). The van der Waals surface area contributed by atoms with Crippen LogP contribution in [0.4, 0.5) is 4.79 Å². The molecular weight excluding hydrogens is 537 g/mol. The van der Waals surface area contributed by atoms with E-state index in [-0.39, 0.29) is 17.9 Å². The number of hydrogen-bond donors (Lipinski definition) is 0. The predicted molar refractivity (Wildman–Crippen MR) is 150 cm³/mol. The van der Waals surface area contributed by atoms with E-state index in [0.29, 0.717) is 54.8 Å². The molecule has 1 amide bonds. The first-order chi connectivity index (χ1) is 18.9. The summed E-state index contributed by atoms with van der Waals surface area (Å²) in [7, 11) is 0. The highest BCUT2D eigenvalue weighted by Crippen LogP contribution is 2.36. The highest BCUT2D eigenvalue weighted by molar-refractivity contribution is 6.36. The molecule has 9 heteroatoms. The van der Waals surface area contributed by atoms with Gasteiger partial charge in [-0.3, -0.25) is 4.79 Å². The first kappa shape index (κ1) is 27.5. The van der Waals surface area contributed by atoms with Gasteiger partial charge in [-0.2, -0.15) is 9.78 Å². The zero-order valence-corrected chi connectivity index (χ0v) is 23.6.